The van der Waals surface area contributed by atoms with Crippen molar-refractivity contribution in [3.63, 3.8) is 0 Å². The number of hydrogen-bond donors (Lipinski definition) is 3. The number of carbonyl (C=O) groups is 1. The van der Waals surface area contributed by atoms with E-state index in [2.05, 4.69) is 27.2 Å². The smallest absolute Gasteiger partial charge is 0.237 e. The molecule has 3 N–H and O–H groups in total. The monoisotopic (exact) mass is 206 g/mol. The SMILES string of the molecule is C=CCNC(=O)C1Cc2nc[nH]c2CN1. The van der Waals surface area contributed by atoms with Gasteiger partial charge in [-0.05, 0) is 0 Å². The third kappa shape index (κ3) is 2.07. The van der Waals surface area contributed by atoms with Crippen LogP contribution in [0.25, 0.3) is 0 Å². The molecule has 15 heavy (non-hydrogen) atoms. The second-order valence-electron chi connectivity index (χ2n) is 3.50. The number of imidazole rings is 1. The highest BCUT2D eigenvalue weighted by atomic mass is 16.2. The molecule has 0 saturated heterocycles. The fraction of sp³-hybridized carbons (Fsp3) is 0.400. The van der Waals surface area contributed by atoms with Crippen LogP contribution in [0.1, 0.15) is 11.4 Å². The molecule has 2 heterocycles. The predicted octanol–water partition coefficient (Wildman–Crippen LogP) is -0.274. The number of fused-ring (bicyclic) bond motifs is 1. The van der Waals surface area contributed by atoms with Crippen LogP contribution < -0.4 is 10.6 Å². The molecule has 0 fully saturated rings. The molecule has 1 unspecified atom stereocenters. The van der Waals surface area contributed by atoms with Crippen LogP contribution in [0.15, 0.2) is 19.0 Å². The molecule has 1 amide bonds. The molecular formula is C10H14N4O. The first-order chi connectivity index (χ1) is 7.31. The van der Waals surface area contributed by atoms with Gasteiger partial charge in [-0.25, -0.2) is 4.98 Å². The van der Waals surface area contributed by atoms with Gasteiger partial charge < -0.3 is 10.3 Å². The van der Waals surface area contributed by atoms with Gasteiger partial charge in [-0.3, -0.25) is 10.1 Å². The Balaban J connectivity index is 1.97. The molecule has 0 radical (unpaired) electrons. The largest absolute Gasteiger partial charge is 0.351 e. The summed E-state index contributed by atoms with van der Waals surface area (Å²) >= 11 is 0. The maximum atomic E-state index is 11.6. The lowest BCUT2D eigenvalue weighted by Crippen LogP contribution is -2.47. The Bertz CT molecular complexity index is 371. The number of nitrogens with one attached hydrogen (secondary N) is 3. The average Bonchev–Trinajstić information content (AvgIpc) is 2.72. The van der Waals surface area contributed by atoms with E-state index in [0.717, 1.165) is 11.4 Å². The van der Waals surface area contributed by atoms with Crippen molar-refractivity contribution in [3.8, 4) is 0 Å². The van der Waals surface area contributed by atoms with E-state index < -0.39 is 0 Å². The molecule has 5 heteroatoms. The van der Waals surface area contributed by atoms with Crippen molar-refractivity contribution in [3.05, 3.63) is 30.4 Å². The molecule has 0 saturated carbocycles. The molecule has 1 aliphatic rings. The minimum atomic E-state index is -0.180. The Morgan fingerprint density at radius 2 is 2.67 bits per heavy atom. The fourth-order valence-corrected chi connectivity index (χ4v) is 1.65. The first-order valence-electron chi connectivity index (χ1n) is 4.94. The number of aromatic nitrogens is 2. The summed E-state index contributed by atoms with van der Waals surface area (Å²) in [6.07, 6.45) is 3.97. The first-order valence-corrected chi connectivity index (χ1v) is 4.94. The average molecular weight is 206 g/mol. The molecule has 5 nitrogen and oxygen atoms in total. The molecule has 2 rings (SSSR count). The standard InChI is InChI=1S/C10H14N4O/c1-2-3-11-10(15)8-4-7-9(5-12-8)14-6-13-7/h2,6,8,12H,1,3-5H2,(H,11,15)(H,13,14). The zero-order valence-corrected chi connectivity index (χ0v) is 8.42. The molecule has 1 aliphatic heterocycles. The van der Waals surface area contributed by atoms with Crippen molar-refractivity contribution in [2.45, 2.75) is 19.0 Å². The highest BCUT2D eigenvalue weighted by Gasteiger charge is 2.24. The first kappa shape index (κ1) is 9.92. The van der Waals surface area contributed by atoms with Gasteiger partial charge in [0.1, 0.15) is 0 Å². The van der Waals surface area contributed by atoms with E-state index in [-0.39, 0.29) is 11.9 Å². The maximum Gasteiger partial charge on any atom is 0.237 e. The van der Waals surface area contributed by atoms with Crippen LogP contribution >= 0.6 is 0 Å². The Morgan fingerprint density at radius 1 is 1.80 bits per heavy atom. The van der Waals surface area contributed by atoms with Crippen LogP contribution in [0, 0.1) is 0 Å². The highest BCUT2D eigenvalue weighted by molar-refractivity contribution is 5.82. The second-order valence-corrected chi connectivity index (χ2v) is 3.50. The summed E-state index contributed by atoms with van der Waals surface area (Å²) in [6, 6.07) is -0.180. The van der Waals surface area contributed by atoms with E-state index in [1.807, 2.05) is 0 Å². The van der Waals surface area contributed by atoms with Gasteiger partial charge >= 0.3 is 0 Å². The molecule has 1 atom stereocenters. The minimum Gasteiger partial charge on any atom is -0.351 e. The summed E-state index contributed by atoms with van der Waals surface area (Å²) in [5.74, 6) is 0.00329. The van der Waals surface area contributed by atoms with Crippen molar-refractivity contribution in [2.75, 3.05) is 6.54 Å². The van der Waals surface area contributed by atoms with Gasteiger partial charge in [0, 0.05) is 19.5 Å². The van der Waals surface area contributed by atoms with Crippen molar-refractivity contribution in [2.24, 2.45) is 0 Å². The third-order valence-electron chi connectivity index (χ3n) is 2.47. The topological polar surface area (TPSA) is 69.8 Å². The van der Waals surface area contributed by atoms with Gasteiger partial charge in [-0.1, -0.05) is 6.08 Å². The van der Waals surface area contributed by atoms with Gasteiger partial charge in [-0.15, -0.1) is 6.58 Å². The van der Waals surface area contributed by atoms with Gasteiger partial charge in [0.15, 0.2) is 0 Å². The van der Waals surface area contributed by atoms with Crippen LogP contribution in [-0.4, -0.2) is 28.5 Å². The lowest BCUT2D eigenvalue weighted by Gasteiger charge is -2.21. The fourth-order valence-electron chi connectivity index (χ4n) is 1.65. The molecule has 0 spiro atoms. The Hall–Kier alpha value is -1.62. The van der Waals surface area contributed by atoms with Gasteiger partial charge in [0.2, 0.25) is 5.91 Å². The van der Waals surface area contributed by atoms with E-state index in [1.54, 1.807) is 12.4 Å². The van der Waals surface area contributed by atoms with Crippen LogP contribution in [0.2, 0.25) is 0 Å². The van der Waals surface area contributed by atoms with Crippen molar-refractivity contribution in [1.29, 1.82) is 0 Å². The maximum absolute atomic E-state index is 11.6. The quantitative estimate of drug-likeness (QED) is 0.596. The molecular weight excluding hydrogens is 192 g/mol. The molecule has 0 bridgehead atoms. The molecule has 1 aromatic heterocycles. The number of hydrogen-bond acceptors (Lipinski definition) is 3. The third-order valence-corrected chi connectivity index (χ3v) is 2.47. The molecule has 0 aromatic carbocycles. The second kappa shape index (κ2) is 4.27. The Labute approximate surface area is 88.0 Å². The normalized spacial score (nSPS) is 19.3. The van der Waals surface area contributed by atoms with E-state index in [4.69, 9.17) is 0 Å². The highest BCUT2D eigenvalue weighted by Crippen LogP contribution is 2.11. The zero-order chi connectivity index (χ0) is 10.7. The van der Waals surface area contributed by atoms with Gasteiger partial charge in [-0.2, -0.15) is 0 Å². The summed E-state index contributed by atoms with van der Waals surface area (Å²) in [4.78, 5) is 18.8. The number of nitrogens with zero attached hydrogens (tertiary/aromatic N) is 1. The van der Waals surface area contributed by atoms with Gasteiger partial charge in [0.05, 0.1) is 23.8 Å². The summed E-state index contributed by atoms with van der Waals surface area (Å²) in [7, 11) is 0. The zero-order valence-electron chi connectivity index (χ0n) is 8.42. The number of H-pyrrole nitrogens is 1. The van der Waals surface area contributed by atoms with Crippen molar-refractivity contribution >= 4 is 5.91 Å². The molecule has 0 aliphatic carbocycles. The molecule has 1 aromatic rings. The van der Waals surface area contributed by atoms with Crippen LogP contribution in [0.4, 0.5) is 0 Å². The number of rotatable bonds is 3. The minimum absolute atomic E-state index is 0.00329. The van der Waals surface area contributed by atoms with E-state index in [9.17, 15) is 4.79 Å². The number of amides is 1. The van der Waals surface area contributed by atoms with E-state index in [1.165, 1.54) is 0 Å². The van der Waals surface area contributed by atoms with E-state index in [0.29, 0.717) is 19.5 Å². The predicted molar refractivity (Wildman–Crippen MR) is 56.1 cm³/mol. The van der Waals surface area contributed by atoms with E-state index >= 15 is 0 Å². The summed E-state index contributed by atoms with van der Waals surface area (Å²) in [5.41, 5.74) is 2.05. The van der Waals surface area contributed by atoms with Crippen molar-refractivity contribution < 1.29 is 4.79 Å². The van der Waals surface area contributed by atoms with Crippen molar-refractivity contribution in [1.82, 2.24) is 20.6 Å². The Morgan fingerprint density at radius 3 is 3.47 bits per heavy atom. The Kier molecular flexibility index (Phi) is 2.82. The summed E-state index contributed by atoms with van der Waals surface area (Å²) in [6.45, 7) is 4.73. The summed E-state index contributed by atoms with van der Waals surface area (Å²) in [5, 5.41) is 5.92. The lowest BCUT2D eigenvalue weighted by molar-refractivity contribution is -0.123. The van der Waals surface area contributed by atoms with Crippen LogP contribution in [0.5, 0.6) is 0 Å². The molecule has 80 valence electrons. The van der Waals surface area contributed by atoms with Crippen LogP contribution in [0.3, 0.4) is 0 Å². The van der Waals surface area contributed by atoms with Gasteiger partial charge in [0.25, 0.3) is 0 Å². The number of aromatic amines is 1. The summed E-state index contributed by atoms with van der Waals surface area (Å²) < 4.78 is 0. The number of carbonyl (C=O) groups excluding carboxylic acids is 1. The lowest BCUT2D eigenvalue weighted by atomic mass is 10.0. The van der Waals surface area contributed by atoms with Crippen LogP contribution in [-0.2, 0) is 17.8 Å².